The average Bonchev–Trinajstić information content (AvgIpc) is 3.12. The number of alkyl halides is 1. The van der Waals surface area contributed by atoms with Gasteiger partial charge < -0.3 is 16.0 Å². The lowest BCUT2D eigenvalue weighted by Gasteiger charge is -2.26. The van der Waals surface area contributed by atoms with Crippen LogP contribution in [0.15, 0.2) is 30.3 Å². The van der Waals surface area contributed by atoms with Gasteiger partial charge in [-0.2, -0.15) is 0 Å². The zero-order valence-electron chi connectivity index (χ0n) is 14.1. The molecule has 0 unspecified atom stereocenters. The minimum Gasteiger partial charge on any atom is -0.352 e. The van der Waals surface area contributed by atoms with Gasteiger partial charge in [-0.15, -0.1) is 0 Å². The number of hydrogen-bond donors (Lipinski definition) is 3. The molecule has 3 N–H and O–H groups in total. The molecular formula is C18H26FN3O2. The van der Waals surface area contributed by atoms with Crippen LogP contribution in [0.1, 0.15) is 44.2 Å². The van der Waals surface area contributed by atoms with E-state index in [9.17, 15) is 14.0 Å². The van der Waals surface area contributed by atoms with Crippen molar-refractivity contribution in [3.8, 4) is 0 Å². The molecule has 0 aliphatic heterocycles. The summed E-state index contributed by atoms with van der Waals surface area (Å²) in [7, 11) is 0. The zero-order chi connectivity index (χ0) is 17.4. The second-order valence-electron chi connectivity index (χ2n) is 6.25. The molecule has 1 aromatic rings. The summed E-state index contributed by atoms with van der Waals surface area (Å²) in [5.74, 6) is 0.0220. The van der Waals surface area contributed by atoms with E-state index in [0.29, 0.717) is 5.92 Å². The fourth-order valence-electron chi connectivity index (χ4n) is 3.19. The van der Waals surface area contributed by atoms with Crippen LogP contribution in [0.25, 0.3) is 0 Å². The van der Waals surface area contributed by atoms with E-state index in [1.807, 2.05) is 30.3 Å². The first-order valence-corrected chi connectivity index (χ1v) is 8.57. The van der Waals surface area contributed by atoms with Crippen LogP contribution in [-0.2, 0) is 4.79 Å². The molecule has 1 aliphatic rings. The Bertz CT molecular complexity index is 532. The standard InChI is InChI=1S/C18H26FN3O2/c1-13(17(23)20-12-11-19)21-18(24)22-16(15-9-5-6-10-15)14-7-3-2-4-8-14/h2-4,7-8,13,15-16H,5-6,9-12H2,1H3,(H,20,23)(H2,21,22,24)/t13-,16+/m0/s1. The van der Waals surface area contributed by atoms with Crippen LogP contribution >= 0.6 is 0 Å². The van der Waals surface area contributed by atoms with Crippen molar-refractivity contribution < 1.29 is 14.0 Å². The largest absolute Gasteiger partial charge is 0.352 e. The summed E-state index contributed by atoms with van der Waals surface area (Å²) in [4.78, 5) is 24.0. The third-order valence-corrected chi connectivity index (χ3v) is 4.45. The molecule has 0 spiro atoms. The number of urea groups is 1. The van der Waals surface area contributed by atoms with Crippen LogP contribution in [0.4, 0.5) is 9.18 Å². The van der Waals surface area contributed by atoms with E-state index in [1.54, 1.807) is 6.92 Å². The van der Waals surface area contributed by atoms with Gasteiger partial charge in [0.05, 0.1) is 6.04 Å². The second-order valence-corrected chi connectivity index (χ2v) is 6.25. The number of rotatable bonds is 7. The van der Waals surface area contributed by atoms with Gasteiger partial charge in [0.1, 0.15) is 12.7 Å². The number of hydrogen-bond acceptors (Lipinski definition) is 2. The first kappa shape index (κ1) is 18.2. The zero-order valence-corrected chi connectivity index (χ0v) is 14.1. The molecule has 1 saturated carbocycles. The van der Waals surface area contributed by atoms with Crippen molar-refractivity contribution >= 4 is 11.9 Å². The van der Waals surface area contributed by atoms with Gasteiger partial charge in [-0.3, -0.25) is 4.79 Å². The van der Waals surface area contributed by atoms with Crippen molar-refractivity contribution in [3.05, 3.63) is 35.9 Å². The van der Waals surface area contributed by atoms with Crippen LogP contribution < -0.4 is 16.0 Å². The van der Waals surface area contributed by atoms with Crippen molar-refractivity contribution in [1.29, 1.82) is 0 Å². The first-order chi connectivity index (χ1) is 11.6. The number of carbonyl (C=O) groups is 2. The van der Waals surface area contributed by atoms with E-state index in [-0.39, 0.29) is 24.5 Å². The Kier molecular flexibility index (Phi) is 7.03. The predicted molar refractivity (Wildman–Crippen MR) is 91.3 cm³/mol. The van der Waals surface area contributed by atoms with E-state index >= 15 is 0 Å². The van der Waals surface area contributed by atoms with Gasteiger partial charge in [0, 0.05) is 6.54 Å². The average molecular weight is 335 g/mol. The molecule has 0 bridgehead atoms. The molecular weight excluding hydrogens is 309 g/mol. The first-order valence-electron chi connectivity index (χ1n) is 8.57. The molecule has 0 heterocycles. The summed E-state index contributed by atoms with van der Waals surface area (Å²) in [5, 5.41) is 8.06. The predicted octanol–water partition coefficient (Wildman–Crippen LogP) is 2.69. The van der Waals surface area contributed by atoms with Crippen LogP contribution in [0.3, 0.4) is 0 Å². The number of carbonyl (C=O) groups excluding carboxylic acids is 2. The van der Waals surface area contributed by atoms with E-state index < -0.39 is 12.7 Å². The highest BCUT2D eigenvalue weighted by Gasteiger charge is 2.28. The van der Waals surface area contributed by atoms with Crippen molar-refractivity contribution in [2.75, 3.05) is 13.2 Å². The van der Waals surface area contributed by atoms with E-state index in [0.717, 1.165) is 18.4 Å². The summed E-state index contributed by atoms with van der Waals surface area (Å²) in [6, 6.07) is 8.76. The Morgan fingerprint density at radius 3 is 2.46 bits per heavy atom. The second kappa shape index (κ2) is 9.25. The molecule has 1 aromatic carbocycles. The lowest BCUT2D eigenvalue weighted by molar-refractivity contribution is -0.122. The smallest absolute Gasteiger partial charge is 0.315 e. The molecule has 2 rings (SSSR count). The summed E-state index contributed by atoms with van der Waals surface area (Å²) in [6.07, 6.45) is 4.54. The van der Waals surface area contributed by atoms with Gasteiger partial charge in [-0.25, -0.2) is 9.18 Å². The van der Waals surface area contributed by atoms with Gasteiger partial charge >= 0.3 is 6.03 Å². The highest BCUT2D eigenvalue weighted by atomic mass is 19.1. The van der Waals surface area contributed by atoms with Crippen molar-refractivity contribution in [3.63, 3.8) is 0 Å². The Morgan fingerprint density at radius 1 is 1.17 bits per heavy atom. The number of halogens is 1. The summed E-state index contributed by atoms with van der Waals surface area (Å²) in [5.41, 5.74) is 1.08. The number of nitrogens with one attached hydrogen (secondary N) is 3. The van der Waals surface area contributed by atoms with Crippen molar-refractivity contribution in [2.45, 2.75) is 44.7 Å². The summed E-state index contributed by atoms with van der Waals surface area (Å²) in [6.45, 7) is 0.920. The molecule has 6 heteroatoms. The SMILES string of the molecule is C[C@H](NC(=O)N[C@H](c1ccccc1)C1CCCC1)C(=O)NCCF. The normalized spacial score (nSPS) is 17.1. The van der Waals surface area contributed by atoms with Gasteiger partial charge in [0.2, 0.25) is 5.91 Å². The van der Waals surface area contributed by atoms with Crippen molar-refractivity contribution in [2.24, 2.45) is 5.92 Å². The molecule has 0 aromatic heterocycles. The Morgan fingerprint density at radius 2 is 1.83 bits per heavy atom. The van der Waals surface area contributed by atoms with Crippen LogP contribution in [0.2, 0.25) is 0 Å². The lowest BCUT2D eigenvalue weighted by Crippen LogP contribution is -2.50. The van der Waals surface area contributed by atoms with E-state index in [2.05, 4.69) is 16.0 Å². The van der Waals surface area contributed by atoms with E-state index in [4.69, 9.17) is 0 Å². The topological polar surface area (TPSA) is 70.2 Å². The Labute approximate surface area is 142 Å². The highest BCUT2D eigenvalue weighted by molar-refractivity contribution is 5.86. The lowest BCUT2D eigenvalue weighted by atomic mass is 9.92. The quantitative estimate of drug-likeness (QED) is 0.717. The van der Waals surface area contributed by atoms with E-state index in [1.165, 1.54) is 12.8 Å². The van der Waals surface area contributed by atoms with Crippen LogP contribution in [0, 0.1) is 5.92 Å². The van der Waals surface area contributed by atoms with Gasteiger partial charge in [-0.1, -0.05) is 43.2 Å². The fraction of sp³-hybridized carbons (Fsp3) is 0.556. The van der Waals surface area contributed by atoms with Gasteiger partial charge in [0.25, 0.3) is 0 Å². The third-order valence-electron chi connectivity index (χ3n) is 4.45. The highest BCUT2D eigenvalue weighted by Crippen LogP contribution is 2.35. The molecule has 132 valence electrons. The number of amides is 3. The molecule has 1 fully saturated rings. The fourth-order valence-corrected chi connectivity index (χ4v) is 3.19. The molecule has 1 aliphatic carbocycles. The Hall–Kier alpha value is -2.11. The molecule has 5 nitrogen and oxygen atoms in total. The molecule has 2 atom stereocenters. The molecule has 3 amide bonds. The maximum Gasteiger partial charge on any atom is 0.315 e. The maximum absolute atomic E-state index is 12.3. The maximum atomic E-state index is 12.3. The molecule has 0 radical (unpaired) electrons. The van der Waals surface area contributed by atoms with Gasteiger partial charge in [-0.05, 0) is 31.2 Å². The molecule has 24 heavy (non-hydrogen) atoms. The third kappa shape index (κ3) is 5.22. The Balaban J connectivity index is 1.96. The monoisotopic (exact) mass is 335 g/mol. The molecule has 0 saturated heterocycles. The minimum absolute atomic E-state index is 0.0405. The minimum atomic E-state index is -0.712. The number of benzene rings is 1. The summed E-state index contributed by atoms with van der Waals surface area (Å²) < 4.78 is 12.1. The van der Waals surface area contributed by atoms with Crippen molar-refractivity contribution in [1.82, 2.24) is 16.0 Å². The van der Waals surface area contributed by atoms with Crippen LogP contribution in [0.5, 0.6) is 0 Å². The van der Waals surface area contributed by atoms with Crippen LogP contribution in [-0.4, -0.2) is 31.2 Å². The van der Waals surface area contributed by atoms with Gasteiger partial charge in [0.15, 0.2) is 0 Å². The summed E-state index contributed by atoms with van der Waals surface area (Å²) >= 11 is 0.